The molecule has 0 saturated carbocycles. The summed E-state index contributed by atoms with van der Waals surface area (Å²) in [5, 5.41) is 13.2. The third-order valence-electron chi connectivity index (χ3n) is 4.36. The van der Waals surface area contributed by atoms with Crippen LogP contribution in [0.5, 0.6) is 5.75 Å². The van der Waals surface area contributed by atoms with Gasteiger partial charge < -0.3 is 15.4 Å². The van der Waals surface area contributed by atoms with E-state index in [0.717, 1.165) is 30.5 Å². The highest BCUT2D eigenvalue weighted by molar-refractivity contribution is 5.97. The first-order chi connectivity index (χ1) is 11.1. The van der Waals surface area contributed by atoms with Crippen LogP contribution in [0.4, 0.5) is 0 Å². The number of rotatable bonds is 3. The summed E-state index contributed by atoms with van der Waals surface area (Å²) < 4.78 is 0. The molecule has 1 aromatic carbocycles. The Kier molecular flexibility index (Phi) is 4.19. The van der Waals surface area contributed by atoms with Crippen LogP contribution in [0.3, 0.4) is 0 Å². The molecule has 23 heavy (non-hydrogen) atoms. The summed E-state index contributed by atoms with van der Waals surface area (Å²) in [4.78, 5) is 27.4. The summed E-state index contributed by atoms with van der Waals surface area (Å²) in [6.45, 7) is 1.84. The summed E-state index contributed by atoms with van der Waals surface area (Å²) in [6.07, 6.45) is 3.36. The average Bonchev–Trinajstić information content (AvgIpc) is 2.55. The normalized spacial score (nSPS) is 14.8. The molecule has 0 aliphatic heterocycles. The molecular formula is C18H20N2O3. The van der Waals surface area contributed by atoms with E-state index in [-0.39, 0.29) is 17.4 Å². The van der Waals surface area contributed by atoms with E-state index in [1.165, 1.54) is 0 Å². The molecule has 1 aromatic heterocycles. The summed E-state index contributed by atoms with van der Waals surface area (Å²) in [7, 11) is 0. The van der Waals surface area contributed by atoms with E-state index in [1.54, 1.807) is 0 Å². The minimum atomic E-state index is -0.548. The van der Waals surface area contributed by atoms with Crippen LogP contribution in [0, 0.1) is 0 Å². The first kappa shape index (κ1) is 15.3. The maximum Gasteiger partial charge on any atom is 0.264 e. The number of nitrogens with one attached hydrogen (secondary N) is 2. The third-order valence-corrected chi connectivity index (χ3v) is 4.36. The Labute approximate surface area is 134 Å². The van der Waals surface area contributed by atoms with Crippen LogP contribution in [0.2, 0.25) is 0 Å². The third kappa shape index (κ3) is 2.99. The lowest BCUT2D eigenvalue weighted by Gasteiger charge is -2.19. The quantitative estimate of drug-likeness (QED) is 0.814. The van der Waals surface area contributed by atoms with Crippen LogP contribution in [-0.2, 0) is 12.8 Å². The van der Waals surface area contributed by atoms with Gasteiger partial charge in [0, 0.05) is 11.3 Å². The van der Waals surface area contributed by atoms with Crippen LogP contribution in [-0.4, -0.2) is 16.0 Å². The van der Waals surface area contributed by atoms with E-state index in [2.05, 4.69) is 10.3 Å². The number of pyridine rings is 1. The molecule has 120 valence electrons. The maximum atomic E-state index is 12.5. The van der Waals surface area contributed by atoms with Gasteiger partial charge in [-0.15, -0.1) is 0 Å². The van der Waals surface area contributed by atoms with Crippen molar-refractivity contribution in [1.82, 2.24) is 10.3 Å². The number of carbonyl (C=O) groups excluding carboxylic acids is 1. The molecule has 0 saturated heterocycles. The van der Waals surface area contributed by atoms with E-state index >= 15 is 0 Å². The maximum absolute atomic E-state index is 12.5. The molecule has 1 aliphatic carbocycles. The molecule has 2 aromatic rings. The van der Waals surface area contributed by atoms with E-state index in [0.29, 0.717) is 12.0 Å². The standard InChI is InChI=1S/C18H20N2O3/c1-11(12-7-3-2-4-8-12)19-17(22)15-16(21)13-9-5-6-10-14(13)20-18(15)23/h2-4,7-8,11H,5-6,9-10H2,1H3,(H,19,22)(H2,20,21,23)/t11-/m1/s1. The van der Waals surface area contributed by atoms with E-state index in [4.69, 9.17) is 0 Å². The van der Waals surface area contributed by atoms with Crippen molar-refractivity contribution in [2.75, 3.05) is 0 Å². The summed E-state index contributed by atoms with van der Waals surface area (Å²) in [5.74, 6) is -0.713. The Hall–Kier alpha value is -2.56. The second-order valence-corrected chi connectivity index (χ2v) is 5.95. The SMILES string of the molecule is C[C@@H](NC(=O)c1c(O)c2c([nH]c1=O)CCCC2)c1ccccc1. The Morgan fingerprint density at radius 1 is 1.22 bits per heavy atom. The van der Waals surface area contributed by atoms with Crippen LogP contribution >= 0.6 is 0 Å². The number of aromatic nitrogens is 1. The minimum Gasteiger partial charge on any atom is -0.507 e. The van der Waals surface area contributed by atoms with Crippen LogP contribution in [0.1, 0.15) is 53.0 Å². The second kappa shape index (κ2) is 6.28. The van der Waals surface area contributed by atoms with Crippen molar-refractivity contribution in [2.24, 2.45) is 0 Å². The van der Waals surface area contributed by atoms with Gasteiger partial charge in [0.25, 0.3) is 11.5 Å². The Bertz CT molecular complexity index is 781. The van der Waals surface area contributed by atoms with Crippen molar-refractivity contribution in [3.05, 3.63) is 63.1 Å². The number of hydrogen-bond donors (Lipinski definition) is 3. The molecule has 1 atom stereocenters. The van der Waals surface area contributed by atoms with Crippen molar-refractivity contribution in [2.45, 2.75) is 38.6 Å². The van der Waals surface area contributed by atoms with Gasteiger partial charge in [-0.05, 0) is 38.2 Å². The predicted octanol–water partition coefficient (Wildman–Crippen LogP) is 2.45. The predicted molar refractivity (Wildman–Crippen MR) is 87.7 cm³/mol. The molecule has 5 heteroatoms. The number of carbonyl (C=O) groups is 1. The number of hydrogen-bond acceptors (Lipinski definition) is 3. The zero-order valence-electron chi connectivity index (χ0n) is 13.1. The van der Waals surface area contributed by atoms with Gasteiger partial charge >= 0.3 is 0 Å². The highest BCUT2D eigenvalue weighted by atomic mass is 16.3. The lowest BCUT2D eigenvalue weighted by atomic mass is 9.93. The van der Waals surface area contributed by atoms with Crippen molar-refractivity contribution in [1.29, 1.82) is 0 Å². The highest BCUT2D eigenvalue weighted by Gasteiger charge is 2.24. The van der Waals surface area contributed by atoms with Crippen LogP contribution in [0.15, 0.2) is 35.1 Å². The number of aromatic amines is 1. The molecule has 1 heterocycles. The van der Waals surface area contributed by atoms with Gasteiger partial charge in [0.1, 0.15) is 11.3 Å². The molecule has 0 radical (unpaired) electrons. The fourth-order valence-corrected chi connectivity index (χ4v) is 3.07. The molecule has 1 aliphatic rings. The molecule has 0 fully saturated rings. The first-order valence-electron chi connectivity index (χ1n) is 7.90. The molecule has 0 unspecified atom stereocenters. The van der Waals surface area contributed by atoms with Gasteiger partial charge in [0.2, 0.25) is 0 Å². The lowest BCUT2D eigenvalue weighted by molar-refractivity contribution is 0.0935. The zero-order chi connectivity index (χ0) is 16.4. The lowest BCUT2D eigenvalue weighted by Crippen LogP contribution is -2.33. The van der Waals surface area contributed by atoms with E-state index in [1.807, 2.05) is 37.3 Å². The zero-order valence-corrected chi connectivity index (χ0v) is 13.1. The number of benzene rings is 1. The number of H-pyrrole nitrogens is 1. The van der Waals surface area contributed by atoms with Gasteiger partial charge in [0.15, 0.2) is 0 Å². The molecular weight excluding hydrogens is 292 g/mol. The van der Waals surface area contributed by atoms with Gasteiger partial charge in [-0.1, -0.05) is 30.3 Å². The van der Waals surface area contributed by atoms with Crippen molar-refractivity contribution in [3.63, 3.8) is 0 Å². The largest absolute Gasteiger partial charge is 0.507 e. The average molecular weight is 312 g/mol. The second-order valence-electron chi connectivity index (χ2n) is 5.95. The minimum absolute atomic E-state index is 0.166. The fraction of sp³-hybridized carbons (Fsp3) is 0.333. The smallest absolute Gasteiger partial charge is 0.264 e. The Morgan fingerprint density at radius 2 is 1.91 bits per heavy atom. The summed E-state index contributed by atoms with van der Waals surface area (Å²) >= 11 is 0. The van der Waals surface area contributed by atoms with Crippen LogP contribution in [0.25, 0.3) is 0 Å². The van der Waals surface area contributed by atoms with Crippen molar-refractivity contribution < 1.29 is 9.90 Å². The summed E-state index contributed by atoms with van der Waals surface area (Å²) in [5.41, 5.74) is 1.68. The van der Waals surface area contributed by atoms with E-state index < -0.39 is 11.5 Å². The van der Waals surface area contributed by atoms with Gasteiger partial charge in [-0.2, -0.15) is 0 Å². The topological polar surface area (TPSA) is 82.2 Å². The molecule has 0 spiro atoms. The van der Waals surface area contributed by atoms with Gasteiger partial charge in [0.05, 0.1) is 6.04 Å². The summed E-state index contributed by atoms with van der Waals surface area (Å²) in [6, 6.07) is 9.24. The number of amides is 1. The number of aryl methyl sites for hydroxylation is 1. The van der Waals surface area contributed by atoms with E-state index in [9.17, 15) is 14.7 Å². The Balaban J connectivity index is 1.89. The molecule has 3 N–H and O–H groups in total. The van der Waals surface area contributed by atoms with Crippen molar-refractivity contribution >= 4 is 5.91 Å². The molecule has 0 bridgehead atoms. The molecule has 1 amide bonds. The van der Waals surface area contributed by atoms with Gasteiger partial charge in [-0.25, -0.2) is 0 Å². The first-order valence-corrected chi connectivity index (χ1v) is 7.90. The monoisotopic (exact) mass is 312 g/mol. The Morgan fingerprint density at radius 3 is 2.65 bits per heavy atom. The number of fused-ring (bicyclic) bond motifs is 1. The van der Waals surface area contributed by atoms with Gasteiger partial charge in [-0.3, -0.25) is 9.59 Å². The van der Waals surface area contributed by atoms with Crippen LogP contribution < -0.4 is 10.9 Å². The molecule has 5 nitrogen and oxygen atoms in total. The molecule has 3 rings (SSSR count). The van der Waals surface area contributed by atoms with Crippen molar-refractivity contribution in [3.8, 4) is 5.75 Å². The number of aromatic hydroxyl groups is 1. The highest BCUT2D eigenvalue weighted by Crippen LogP contribution is 2.28. The fourth-order valence-electron chi connectivity index (χ4n) is 3.07.